The highest BCUT2D eigenvalue weighted by Crippen LogP contribution is 2.46. The average Bonchev–Trinajstić information content (AvgIpc) is 3.54. The summed E-state index contributed by atoms with van der Waals surface area (Å²) in [5, 5.41) is 3.15. The van der Waals surface area contributed by atoms with Gasteiger partial charge in [-0.2, -0.15) is 0 Å². The summed E-state index contributed by atoms with van der Waals surface area (Å²) in [6.45, 7) is 11.2. The minimum absolute atomic E-state index is 0.237. The number of benzene rings is 4. The van der Waals surface area contributed by atoms with Gasteiger partial charge < -0.3 is 29.2 Å². The highest BCUT2D eigenvalue weighted by Gasteiger charge is 2.33. The molecule has 1 N–H and O–H groups in total. The third-order valence-electron chi connectivity index (χ3n) is 8.13. The number of amides is 2. The first-order chi connectivity index (χ1) is 23.0. The molecular weight excluding hydrogens is 604 g/mol. The summed E-state index contributed by atoms with van der Waals surface area (Å²) in [4.78, 5) is 28.7. The molecule has 8 heteroatoms. The fourth-order valence-electron chi connectivity index (χ4n) is 5.68. The number of rotatable bonds is 11. The van der Waals surface area contributed by atoms with Crippen LogP contribution in [-0.4, -0.2) is 48.7 Å². The number of nitrogens with one attached hydrogen (secondary N) is 1. The highest BCUT2D eigenvalue weighted by atomic mass is 16.6. The quantitative estimate of drug-likeness (QED) is 0.176. The summed E-state index contributed by atoms with van der Waals surface area (Å²) < 4.78 is 24.6. The van der Waals surface area contributed by atoms with Gasteiger partial charge in [0.2, 0.25) is 0 Å². The van der Waals surface area contributed by atoms with E-state index >= 15 is 0 Å². The molecule has 0 spiro atoms. The number of methoxy groups -OCH3 is 1. The molecule has 1 fully saturated rings. The number of likely N-dealkylation sites (tertiary alicyclic amines) is 1. The fraction of sp³-hybridized carbons (Fsp3) is 0.350. The van der Waals surface area contributed by atoms with Crippen LogP contribution in [0.4, 0.5) is 4.79 Å². The van der Waals surface area contributed by atoms with Crippen LogP contribution in [0.5, 0.6) is 17.2 Å². The number of carbonyl (C=O) groups excluding carboxylic acids is 2. The second kappa shape index (κ2) is 15.3. The van der Waals surface area contributed by atoms with Crippen molar-refractivity contribution in [3.8, 4) is 28.4 Å². The zero-order valence-electron chi connectivity index (χ0n) is 28.7. The van der Waals surface area contributed by atoms with Crippen molar-refractivity contribution in [2.75, 3.05) is 20.2 Å². The maximum Gasteiger partial charge on any atom is 0.410 e. The van der Waals surface area contributed by atoms with Gasteiger partial charge in [0.25, 0.3) is 5.91 Å². The number of carbonyl (C=O) groups is 2. The van der Waals surface area contributed by atoms with Crippen molar-refractivity contribution in [3.05, 3.63) is 113 Å². The van der Waals surface area contributed by atoms with Crippen LogP contribution in [0.3, 0.4) is 0 Å². The molecule has 2 amide bonds. The lowest BCUT2D eigenvalue weighted by molar-refractivity contribution is 0.0290. The lowest BCUT2D eigenvalue weighted by atomic mass is 9.94. The lowest BCUT2D eigenvalue weighted by Gasteiger charge is -2.25. The molecule has 1 aliphatic heterocycles. The van der Waals surface area contributed by atoms with Crippen LogP contribution in [0.1, 0.15) is 74.0 Å². The zero-order chi connectivity index (χ0) is 34.3. The molecule has 5 rings (SSSR count). The predicted molar refractivity (Wildman–Crippen MR) is 188 cm³/mol. The Hall–Kier alpha value is -4.98. The predicted octanol–water partition coefficient (Wildman–Crippen LogP) is 8.38. The topological polar surface area (TPSA) is 86.3 Å². The summed E-state index contributed by atoms with van der Waals surface area (Å²) in [6, 6.07) is 29.4. The van der Waals surface area contributed by atoms with Crippen LogP contribution in [0.15, 0.2) is 91.0 Å². The molecule has 0 aliphatic carbocycles. The molecule has 4 aromatic rings. The van der Waals surface area contributed by atoms with E-state index in [1.54, 1.807) is 18.1 Å². The molecule has 1 atom stereocenters. The van der Waals surface area contributed by atoms with E-state index in [2.05, 4.69) is 31.3 Å². The monoisotopic (exact) mass is 650 g/mol. The van der Waals surface area contributed by atoms with Gasteiger partial charge in [0.1, 0.15) is 41.6 Å². The minimum atomic E-state index is -0.607. The first-order valence-electron chi connectivity index (χ1n) is 16.5. The van der Waals surface area contributed by atoms with Crippen LogP contribution in [0, 0.1) is 0 Å². The summed E-state index contributed by atoms with van der Waals surface area (Å²) in [7, 11) is 1.56. The van der Waals surface area contributed by atoms with E-state index in [1.165, 1.54) is 0 Å². The number of ether oxygens (including phenoxy) is 4. The van der Waals surface area contributed by atoms with E-state index in [1.807, 2.05) is 93.6 Å². The van der Waals surface area contributed by atoms with E-state index in [0.717, 1.165) is 22.3 Å². The van der Waals surface area contributed by atoms with E-state index in [9.17, 15) is 9.59 Å². The summed E-state index contributed by atoms with van der Waals surface area (Å²) in [5.41, 5.74) is 4.28. The Labute approximate surface area is 284 Å². The Morgan fingerprint density at radius 2 is 1.48 bits per heavy atom. The van der Waals surface area contributed by atoms with Crippen LogP contribution < -0.4 is 19.5 Å². The van der Waals surface area contributed by atoms with Gasteiger partial charge >= 0.3 is 6.09 Å². The molecule has 1 saturated heterocycles. The molecule has 1 heterocycles. The maximum absolute atomic E-state index is 14.3. The van der Waals surface area contributed by atoms with Crippen LogP contribution in [0.25, 0.3) is 11.1 Å². The second-order valence-corrected chi connectivity index (χ2v) is 13.4. The number of hydrogen-bond donors (Lipinski definition) is 1. The van der Waals surface area contributed by atoms with E-state index in [4.69, 9.17) is 18.9 Å². The first kappa shape index (κ1) is 34.4. The molecule has 1 unspecified atom stereocenters. The third-order valence-corrected chi connectivity index (χ3v) is 8.13. The normalized spacial score (nSPS) is 14.5. The van der Waals surface area contributed by atoms with Gasteiger partial charge in [0.15, 0.2) is 0 Å². The Morgan fingerprint density at radius 1 is 0.854 bits per heavy atom. The standard InChI is InChI=1S/C40H46N2O6/c1-27(2)30-18-13-19-31(22-30)35-33(46-25-28-14-9-7-10-15-28)23-34(47-26-29-16-11-8-12-17-29)36(37(35)45-6)38(43)41-32-20-21-42(24-32)39(44)48-40(3,4)5/h7-19,22-23,27,32H,20-21,24-26H2,1-6H3,(H,41,43). The van der Waals surface area contributed by atoms with Crippen molar-refractivity contribution in [2.24, 2.45) is 0 Å². The molecule has 4 aromatic carbocycles. The van der Waals surface area contributed by atoms with E-state index in [-0.39, 0.29) is 30.0 Å². The van der Waals surface area contributed by atoms with Gasteiger partial charge in [0, 0.05) is 25.2 Å². The Morgan fingerprint density at radius 3 is 2.06 bits per heavy atom. The van der Waals surface area contributed by atoms with Gasteiger partial charge in [-0.1, -0.05) is 98.8 Å². The fourth-order valence-corrected chi connectivity index (χ4v) is 5.68. The molecule has 48 heavy (non-hydrogen) atoms. The molecule has 252 valence electrons. The Balaban J connectivity index is 1.56. The lowest BCUT2D eigenvalue weighted by Crippen LogP contribution is -2.40. The minimum Gasteiger partial charge on any atom is -0.495 e. The van der Waals surface area contributed by atoms with Crippen molar-refractivity contribution < 1.29 is 28.5 Å². The van der Waals surface area contributed by atoms with Crippen molar-refractivity contribution in [1.82, 2.24) is 10.2 Å². The molecule has 0 bridgehead atoms. The van der Waals surface area contributed by atoms with Crippen molar-refractivity contribution in [3.63, 3.8) is 0 Å². The van der Waals surface area contributed by atoms with E-state index < -0.39 is 11.7 Å². The van der Waals surface area contributed by atoms with Crippen molar-refractivity contribution >= 4 is 12.0 Å². The Bertz CT molecular complexity index is 1700. The van der Waals surface area contributed by atoms with Crippen molar-refractivity contribution in [1.29, 1.82) is 0 Å². The van der Waals surface area contributed by atoms with Gasteiger partial charge in [-0.3, -0.25) is 4.79 Å². The SMILES string of the molecule is COc1c(C(=O)NC2CCN(C(=O)OC(C)(C)C)C2)c(OCc2ccccc2)cc(OCc2ccccc2)c1-c1cccc(C(C)C)c1. The van der Waals surface area contributed by atoms with Crippen LogP contribution in [-0.2, 0) is 18.0 Å². The average molecular weight is 651 g/mol. The molecular formula is C40H46N2O6. The maximum atomic E-state index is 14.3. The van der Waals surface area contributed by atoms with Gasteiger partial charge in [0.05, 0.1) is 12.7 Å². The number of nitrogens with zero attached hydrogens (tertiary/aromatic N) is 1. The molecule has 0 radical (unpaired) electrons. The third kappa shape index (κ3) is 8.68. The van der Waals surface area contributed by atoms with Crippen LogP contribution in [0.2, 0.25) is 0 Å². The summed E-state index contributed by atoms with van der Waals surface area (Å²) in [6.07, 6.45) is 0.200. The van der Waals surface area contributed by atoms with Gasteiger partial charge in [-0.05, 0) is 55.4 Å². The smallest absolute Gasteiger partial charge is 0.410 e. The molecule has 8 nitrogen and oxygen atoms in total. The first-order valence-corrected chi connectivity index (χ1v) is 16.5. The Kier molecular flexibility index (Phi) is 10.9. The van der Waals surface area contributed by atoms with E-state index in [0.29, 0.717) is 48.9 Å². The van der Waals surface area contributed by atoms with Gasteiger partial charge in [-0.25, -0.2) is 4.79 Å². The highest BCUT2D eigenvalue weighted by molar-refractivity contribution is 6.03. The summed E-state index contributed by atoms with van der Waals surface area (Å²) in [5.74, 6) is 1.15. The van der Waals surface area contributed by atoms with Gasteiger partial charge in [-0.15, -0.1) is 0 Å². The molecule has 1 aliphatic rings. The zero-order valence-corrected chi connectivity index (χ0v) is 28.7. The largest absolute Gasteiger partial charge is 0.495 e. The number of hydrogen-bond acceptors (Lipinski definition) is 6. The van der Waals surface area contributed by atoms with Crippen LogP contribution >= 0.6 is 0 Å². The molecule has 0 saturated carbocycles. The summed E-state index contributed by atoms with van der Waals surface area (Å²) >= 11 is 0. The second-order valence-electron chi connectivity index (χ2n) is 13.4. The molecule has 0 aromatic heterocycles. The van der Waals surface area contributed by atoms with Crippen molar-refractivity contribution in [2.45, 2.75) is 71.8 Å².